The Morgan fingerprint density at radius 1 is 1.26 bits per heavy atom. The first-order valence-electron chi connectivity index (χ1n) is 5.89. The van der Waals surface area contributed by atoms with Crippen molar-refractivity contribution in [3.63, 3.8) is 0 Å². The lowest BCUT2D eigenvalue weighted by Crippen LogP contribution is -2.05. The molecule has 0 amide bonds. The molecule has 1 heterocycles. The third-order valence-corrected chi connectivity index (χ3v) is 3.64. The van der Waals surface area contributed by atoms with Gasteiger partial charge in [0, 0.05) is 27.3 Å². The highest BCUT2D eigenvalue weighted by Gasteiger charge is 2.06. The molecule has 0 bridgehead atoms. The molecule has 1 aromatic carbocycles. The zero-order chi connectivity index (χ0) is 13.8. The molecule has 6 heteroatoms. The van der Waals surface area contributed by atoms with Crippen LogP contribution >= 0.6 is 31.9 Å². The van der Waals surface area contributed by atoms with Crippen LogP contribution in [0.4, 0.5) is 17.5 Å². The minimum Gasteiger partial charge on any atom is -0.354 e. The van der Waals surface area contributed by atoms with Gasteiger partial charge in [0.15, 0.2) is 0 Å². The summed E-state index contributed by atoms with van der Waals surface area (Å²) in [6.07, 6.45) is 1.81. The van der Waals surface area contributed by atoms with Crippen LogP contribution in [-0.4, -0.2) is 16.5 Å². The van der Waals surface area contributed by atoms with Crippen molar-refractivity contribution in [2.45, 2.75) is 13.8 Å². The molecule has 19 heavy (non-hydrogen) atoms. The van der Waals surface area contributed by atoms with E-state index in [2.05, 4.69) is 52.5 Å². The van der Waals surface area contributed by atoms with Crippen LogP contribution in [0, 0.1) is 6.92 Å². The minimum absolute atomic E-state index is 0.629. The topological polar surface area (TPSA) is 49.8 Å². The summed E-state index contributed by atoms with van der Waals surface area (Å²) in [6, 6.07) is 5.96. The fourth-order valence-electron chi connectivity index (χ4n) is 1.53. The number of aryl methyl sites for hydroxylation is 1. The molecule has 1 aromatic heterocycles. The van der Waals surface area contributed by atoms with E-state index in [1.807, 2.05) is 32.0 Å². The first-order chi connectivity index (χ1) is 9.10. The van der Waals surface area contributed by atoms with Crippen LogP contribution in [0.1, 0.15) is 12.5 Å². The van der Waals surface area contributed by atoms with Gasteiger partial charge in [-0.1, -0.05) is 15.9 Å². The van der Waals surface area contributed by atoms with Crippen LogP contribution in [0.25, 0.3) is 0 Å². The van der Waals surface area contributed by atoms with Crippen molar-refractivity contribution < 1.29 is 0 Å². The summed E-state index contributed by atoms with van der Waals surface area (Å²) in [5.41, 5.74) is 1.96. The molecule has 2 aromatic rings. The number of hydrogen-bond acceptors (Lipinski definition) is 4. The second-order valence-corrected chi connectivity index (χ2v) is 5.77. The van der Waals surface area contributed by atoms with E-state index in [0.717, 1.165) is 32.6 Å². The molecule has 0 unspecified atom stereocenters. The lowest BCUT2D eigenvalue weighted by atomic mass is 10.3. The van der Waals surface area contributed by atoms with Crippen LogP contribution in [-0.2, 0) is 0 Å². The summed E-state index contributed by atoms with van der Waals surface area (Å²) < 4.78 is 2.00. The number of rotatable bonds is 4. The fourth-order valence-corrected chi connectivity index (χ4v) is 2.68. The summed E-state index contributed by atoms with van der Waals surface area (Å²) in [7, 11) is 0. The normalized spacial score (nSPS) is 10.3. The maximum atomic E-state index is 4.45. The lowest BCUT2D eigenvalue weighted by Gasteiger charge is -2.11. The summed E-state index contributed by atoms with van der Waals surface area (Å²) in [4.78, 5) is 8.68. The van der Waals surface area contributed by atoms with Gasteiger partial charge >= 0.3 is 0 Å². The van der Waals surface area contributed by atoms with Crippen LogP contribution in [0.2, 0.25) is 0 Å². The first-order valence-corrected chi connectivity index (χ1v) is 7.48. The van der Waals surface area contributed by atoms with Gasteiger partial charge in [0.25, 0.3) is 0 Å². The number of benzene rings is 1. The maximum absolute atomic E-state index is 4.45. The zero-order valence-electron chi connectivity index (χ0n) is 10.7. The van der Waals surface area contributed by atoms with Crippen molar-refractivity contribution in [2.24, 2.45) is 0 Å². The molecule has 2 rings (SSSR count). The van der Waals surface area contributed by atoms with Gasteiger partial charge in [-0.2, -0.15) is 4.98 Å². The number of hydrogen-bond donors (Lipinski definition) is 2. The van der Waals surface area contributed by atoms with E-state index in [0.29, 0.717) is 5.95 Å². The molecule has 0 aliphatic rings. The SMILES string of the molecule is CCNc1ncc(C)c(Nc2ccc(Br)cc2Br)n1. The fraction of sp³-hybridized carbons (Fsp3) is 0.231. The second-order valence-electron chi connectivity index (χ2n) is 4.00. The molecule has 0 saturated heterocycles. The largest absolute Gasteiger partial charge is 0.354 e. The molecule has 0 spiro atoms. The van der Waals surface area contributed by atoms with Crippen molar-refractivity contribution >= 4 is 49.3 Å². The Morgan fingerprint density at radius 3 is 2.74 bits per heavy atom. The van der Waals surface area contributed by atoms with Gasteiger partial charge in [-0.05, 0) is 48.0 Å². The third-order valence-electron chi connectivity index (χ3n) is 2.49. The van der Waals surface area contributed by atoms with Crippen molar-refractivity contribution in [3.05, 3.63) is 38.9 Å². The Balaban J connectivity index is 2.29. The Morgan fingerprint density at radius 2 is 2.05 bits per heavy atom. The highest BCUT2D eigenvalue weighted by atomic mass is 79.9. The summed E-state index contributed by atoms with van der Waals surface area (Å²) in [5.74, 6) is 1.43. The molecule has 0 saturated carbocycles. The molecule has 0 radical (unpaired) electrons. The van der Waals surface area contributed by atoms with Gasteiger partial charge in [-0.3, -0.25) is 0 Å². The van der Waals surface area contributed by atoms with E-state index in [1.54, 1.807) is 6.20 Å². The average Bonchev–Trinajstić information content (AvgIpc) is 2.37. The third kappa shape index (κ3) is 3.67. The average molecular weight is 386 g/mol. The Kier molecular flexibility index (Phi) is 4.76. The highest BCUT2D eigenvalue weighted by molar-refractivity contribution is 9.11. The monoisotopic (exact) mass is 384 g/mol. The quantitative estimate of drug-likeness (QED) is 0.814. The number of halogens is 2. The minimum atomic E-state index is 0.629. The molecule has 4 nitrogen and oxygen atoms in total. The molecule has 2 N–H and O–H groups in total. The van der Waals surface area contributed by atoms with Crippen LogP contribution in [0.3, 0.4) is 0 Å². The van der Waals surface area contributed by atoms with E-state index >= 15 is 0 Å². The number of nitrogens with one attached hydrogen (secondary N) is 2. The smallest absolute Gasteiger partial charge is 0.224 e. The molecule has 0 fully saturated rings. The van der Waals surface area contributed by atoms with Gasteiger partial charge < -0.3 is 10.6 Å². The first kappa shape index (κ1) is 14.3. The Hall–Kier alpha value is -1.14. The van der Waals surface area contributed by atoms with Crippen LogP contribution in [0.15, 0.2) is 33.3 Å². The number of aromatic nitrogens is 2. The van der Waals surface area contributed by atoms with E-state index < -0.39 is 0 Å². The van der Waals surface area contributed by atoms with Gasteiger partial charge in [0.1, 0.15) is 5.82 Å². The van der Waals surface area contributed by atoms with Gasteiger partial charge in [0.2, 0.25) is 5.95 Å². The van der Waals surface area contributed by atoms with Gasteiger partial charge in [-0.25, -0.2) is 4.98 Å². The highest BCUT2D eigenvalue weighted by Crippen LogP contribution is 2.29. The standard InChI is InChI=1S/C13H14Br2N4/c1-3-16-13-17-7-8(2)12(19-13)18-11-5-4-9(14)6-10(11)15/h4-7H,3H2,1-2H3,(H2,16,17,18,19). The van der Waals surface area contributed by atoms with Crippen molar-refractivity contribution in [1.82, 2.24) is 9.97 Å². The van der Waals surface area contributed by atoms with Crippen LogP contribution < -0.4 is 10.6 Å². The van der Waals surface area contributed by atoms with E-state index in [-0.39, 0.29) is 0 Å². The van der Waals surface area contributed by atoms with Crippen molar-refractivity contribution in [2.75, 3.05) is 17.2 Å². The molecule has 0 aliphatic carbocycles. The van der Waals surface area contributed by atoms with E-state index in [1.165, 1.54) is 0 Å². The summed E-state index contributed by atoms with van der Waals surface area (Å²) >= 11 is 6.96. The summed E-state index contributed by atoms with van der Waals surface area (Å²) in [5, 5.41) is 6.41. The number of nitrogens with zero attached hydrogens (tertiary/aromatic N) is 2. The van der Waals surface area contributed by atoms with Gasteiger partial charge in [-0.15, -0.1) is 0 Å². The van der Waals surface area contributed by atoms with Crippen molar-refractivity contribution in [3.8, 4) is 0 Å². The Labute approximate surface area is 129 Å². The van der Waals surface area contributed by atoms with E-state index in [9.17, 15) is 0 Å². The lowest BCUT2D eigenvalue weighted by molar-refractivity contribution is 1.07. The molecular weight excluding hydrogens is 372 g/mol. The second kappa shape index (κ2) is 6.34. The predicted octanol–water partition coefficient (Wildman–Crippen LogP) is 4.49. The number of anilines is 3. The molecule has 0 atom stereocenters. The molecule has 0 aliphatic heterocycles. The predicted molar refractivity (Wildman–Crippen MR) is 86.1 cm³/mol. The van der Waals surface area contributed by atoms with Gasteiger partial charge in [0.05, 0.1) is 5.69 Å². The maximum Gasteiger partial charge on any atom is 0.224 e. The van der Waals surface area contributed by atoms with Crippen molar-refractivity contribution in [1.29, 1.82) is 0 Å². The van der Waals surface area contributed by atoms with Crippen LogP contribution in [0.5, 0.6) is 0 Å². The molecule has 100 valence electrons. The molecular formula is C13H14Br2N4. The zero-order valence-corrected chi connectivity index (χ0v) is 13.8. The summed E-state index contributed by atoms with van der Waals surface area (Å²) in [6.45, 7) is 4.79. The van der Waals surface area contributed by atoms with E-state index in [4.69, 9.17) is 0 Å². The Bertz CT molecular complexity index is 587.